The number of pyridine rings is 1. The van der Waals surface area contributed by atoms with Crippen molar-refractivity contribution >= 4 is 27.5 Å². The Morgan fingerprint density at radius 2 is 1.55 bits per heavy atom. The molecule has 0 saturated heterocycles. The molecule has 1 aliphatic rings. The minimum atomic E-state index is 0. The number of carbonyl (C=O) groups is 1. The van der Waals surface area contributed by atoms with E-state index in [-0.39, 0.29) is 50.9 Å². The molecule has 0 bridgehead atoms. The Hall–Kier alpha value is -2.81. The van der Waals surface area contributed by atoms with Crippen LogP contribution in [0.5, 0.6) is 0 Å². The fourth-order valence-electron chi connectivity index (χ4n) is 6.28. The molecule has 0 unspecified atom stereocenters. The monoisotopic (exact) mass is 771 g/mol. The first-order valence-corrected chi connectivity index (χ1v) is 16.1. The van der Waals surface area contributed by atoms with Crippen LogP contribution in [0.2, 0.25) is 0 Å². The van der Waals surface area contributed by atoms with Gasteiger partial charge in [0.25, 0.3) is 0 Å². The Morgan fingerprint density at radius 3 is 2.20 bits per heavy atom. The van der Waals surface area contributed by atoms with Gasteiger partial charge in [-0.25, -0.2) is 0 Å². The van der Waals surface area contributed by atoms with Gasteiger partial charge >= 0.3 is 0 Å². The topological polar surface area (TPSA) is 50.2 Å². The molecule has 0 spiro atoms. The first kappa shape index (κ1) is 37.4. The Balaban J connectivity index is 0.000000346. The van der Waals surface area contributed by atoms with Crippen molar-refractivity contribution in [1.29, 1.82) is 0 Å². The Morgan fingerprint density at radius 1 is 0.886 bits per heavy atom. The number of fused-ring (bicyclic) bond motifs is 2. The number of aliphatic hydroxyl groups excluding tert-OH is 1. The molecule has 239 valence electrons. The molecular formula is C40H52IrNO2-. The maximum atomic E-state index is 11.7. The van der Waals surface area contributed by atoms with Crippen LogP contribution >= 0.6 is 0 Å². The molecule has 1 N–H and O–H groups in total. The van der Waals surface area contributed by atoms with Crippen molar-refractivity contribution in [2.75, 3.05) is 0 Å². The summed E-state index contributed by atoms with van der Waals surface area (Å²) in [4.78, 5) is 16.7. The Labute approximate surface area is 279 Å². The number of aliphatic hydroxyl groups is 1. The van der Waals surface area contributed by atoms with E-state index >= 15 is 0 Å². The number of carbonyl (C=O) groups excluding carboxylic acids is 1. The summed E-state index contributed by atoms with van der Waals surface area (Å²) in [5.74, 6) is 2.16. The second kappa shape index (κ2) is 18.2. The van der Waals surface area contributed by atoms with Crippen molar-refractivity contribution in [2.24, 2.45) is 17.8 Å². The molecule has 4 aromatic rings. The number of ketones is 1. The van der Waals surface area contributed by atoms with Crippen LogP contribution in [0, 0.1) is 23.8 Å². The van der Waals surface area contributed by atoms with Crippen LogP contribution in [0.25, 0.3) is 32.9 Å². The maximum Gasteiger partial charge on any atom is 0.162 e. The zero-order valence-electron chi connectivity index (χ0n) is 26.5. The van der Waals surface area contributed by atoms with Crippen molar-refractivity contribution in [3.8, 4) is 11.3 Å². The van der Waals surface area contributed by atoms with Crippen LogP contribution in [0.1, 0.15) is 105 Å². The van der Waals surface area contributed by atoms with Gasteiger partial charge in [0.1, 0.15) is 0 Å². The van der Waals surface area contributed by atoms with E-state index in [9.17, 15) is 9.90 Å². The molecule has 1 saturated carbocycles. The first-order chi connectivity index (χ1) is 20.4. The Kier molecular flexibility index (Phi) is 15.5. The predicted molar refractivity (Wildman–Crippen MR) is 184 cm³/mol. The van der Waals surface area contributed by atoms with E-state index in [1.165, 1.54) is 53.5 Å². The maximum absolute atomic E-state index is 11.7. The van der Waals surface area contributed by atoms with Crippen molar-refractivity contribution in [3.63, 3.8) is 0 Å². The molecule has 1 aromatic heterocycles. The van der Waals surface area contributed by atoms with Gasteiger partial charge in [-0.15, -0.1) is 29.1 Å². The van der Waals surface area contributed by atoms with Crippen molar-refractivity contribution < 1.29 is 30.0 Å². The van der Waals surface area contributed by atoms with Gasteiger partial charge in [0.2, 0.25) is 0 Å². The molecule has 1 radical (unpaired) electrons. The number of hydrogen-bond donors (Lipinski definition) is 1. The minimum Gasteiger partial charge on any atom is -0.512 e. The summed E-state index contributed by atoms with van der Waals surface area (Å²) in [6.07, 6.45) is 10.3. The molecule has 4 heteroatoms. The van der Waals surface area contributed by atoms with Crippen molar-refractivity contribution in [3.05, 3.63) is 90.2 Å². The van der Waals surface area contributed by atoms with Gasteiger partial charge in [-0.05, 0) is 79.1 Å². The van der Waals surface area contributed by atoms with E-state index in [0.717, 1.165) is 54.3 Å². The summed E-state index contributed by atoms with van der Waals surface area (Å²) in [5, 5.41) is 13.4. The average Bonchev–Trinajstić information content (AvgIpc) is 3.02. The van der Waals surface area contributed by atoms with Crippen LogP contribution in [0.3, 0.4) is 0 Å². The van der Waals surface area contributed by atoms with Gasteiger partial charge in [0.05, 0.1) is 11.3 Å². The summed E-state index contributed by atoms with van der Waals surface area (Å²) in [5.41, 5.74) is 4.64. The predicted octanol–water partition coefficient (Wildman–Crippen LogP) is 11.7. The van der Waals surface area contributed by atoms with E-state index in [4.69, 9.17) is 4.98 Å². The van der Waals surface area contributed by atoms with Gasteiger partial charge < -0.3 is 5.11 Å². The number of allylic oxidation sites excluding steroid dienone is 2. The van der Waals surface area contributed by atoms with Crippen molar-refractivity contribution in [1.82, 2.24) is 4.98 Å². The second-order valence-corrected chi connectivity index (χ2v) is 12.0. The van der Waals surface area contributed by atoms with Gasteiger partial charge in [-0.3, -0.25) is 9.78 Å². The van der Waals surface area contributed by atoms with Crippen LogP contribution in [-0.4, -0.2) is 15.9 Å². The van der Waals surface area contributed by atoms with Gasteiger partial charge in [-0.1, -0.05) is 103 Å². The fourth-order valence-corrected chi connectivity index (χ4v) is 6.28. The molecule has 5 rings (SSSR count). The number of rotatable bonds is 9. The van der Waals surface area contributed by atoms with Gasteiger partial charge in [-0.2, -0.15) is 0 Å². The van der Waals surface area contributed by atoms with Gasteiger partial charge in [0.15, 0.2) is 5.78 Å². The summed E-state index contributed by atoms with van der Waals surface area (Å²) in [7, 11) is 0. The number of hydrogen-bond acceptors (Lipinski definition) is 3. The second-order valence-electron chi connectivity index (χ2n) is 12.0. The molecule has 0 atom stereocenters. The molecule has 3 aromatic carbocycles. The smallest absolute Gasteiger partial charge is 0.162 e. The third kappa shape index (κ3) is 9.35. The average molecular weight is 771 g/mol. The zero-order chi connectivity index (χ0) is 30.1. The molecular weight excluding hydrogens is 719 g/mol. The van der Waals surface area contributed by atoms with E-state index in [0.29, 0.717) is 0 Å². The standard InChI is InChI=1S/C26H24N.C13H24O2.CH4.Ir/c1-18-9-11-19(12-10-18)21-13-15-25-22(17-21)14-16-26(27-25)24-8-4-6-20-5-2-3-7-23(20)24;1-5-10(6-2)12(14)9-13(15)11(7-3)8-4;;/h2-7,13-19H,9-12H2,1H3;9-11,14H,5-8H2,1-4H3;1H4;/q-1;;;. The molecule has 1 heterocycles. The van der Waals surface area contributed by atoms with Crippen molar-refractivity contribution in [2.45, 2.75) is 99.3 Å². The quantitative estimate of drug-likeness (QED) is 0.105. The zero-order valence-corrected chi connectivity index (χ0v) is 28.9. The normalized spacial score (nSPS) is 16.7. The summed E-state index contributed by atoms with van der Waals surface area (Å²) < 4.78 is 0. The molecule has 1 aliphatic carbocycles. The van der Waals surface area contributed by atoms with E-state index in [1.54, 1.807) is 0 Å². The minimum absolute atomic E-state index is 0. The number of nitrogens with zero attached hydrogens (tertiary/aromatic N) is 1. The Bertz CT molecular complexity index is 1490. The molecule has 1 fully saturated rings. The van der Waals surface area contributed by atoms with E-state index < -0.39 is 0 Å². The first-order valence-electron chi connectivity index (χ1n) is 16.1. The summed E-state index contributed by atoms with van der Waals surface area (Å²) in [6.45, 7) is 10.5. The van der Waals surface area contributed by atoms with E-state index in [2.05, 4.69) is 73.7 Å². The number of benzene rings is 3. The van der Waals surface area contributed by atoms with E-state index in [1.807, 2.05) is 33.8 Å². The van der Waals surface area contributed by atoms with Crippen LogP contribution in [-0.2, 0) is 24.9 Å². The third-order valence-corrected chi connectivity index (χ3v) is 9.26. The third-order valence-electron chi connectivity index (χ3n) is 9.26. The molecule has 3 nitrogen and oxygen atoms in total. The summed E-state index contributed by atoms with van der Waals surface area (Å²) in [6, 6.07) is 27.2. The van der Waals surface area contributed by atoms with Crippen LogP contribution in [0.4, 0.5) is 0 Å². The molecule has 44 heavy (non-hydrogen) atoms. The number of aromatic nitrogens is 1. The fraction of sp³-hybridized carbons (Fsp3) is 0.450. The molecule has 0 amide bonds. The SMILES string of the molecule is C.CC1CCC(c2ccc3nc(-c4[c-]ccc5ccccc45)ccc3c2)CC1.CCC(CC)C(=O)C=C(O)C(CC)CC.[Ir]. The van der Waals surface area contributed by atoms with Crippen LogP contribution in [0.15, 0.2) is 78.6 Å². The summed E-state index contributed by atoms with van der Waals surface area (Å²) >= 11 is 0. The van der Waals surface area contributed by atoms with Gasteiger partial charge in [0, 0.05) is 38.0 Å². The molecule has 0 aliphatic heterocycles. The van der Waals surface area contributed by atoms with Crippen LogP contribution < -0.4 is 0 Å². The largest absolute Gasteiger partial charge is 0.512 e.